The quantitative estimate of drug-likeness (QED) is 0.168. The van der Waals surface area contributed by atoms with Gasteiger partial charge < -0.3 is 33.4 Å². The fourth-order valence-electron chi connectivity index (χ4n) is 0. The van der Waals surface area contributed by atoms with Crippen molar-refractivity contribution in [1.29, 1.82) is 16.2 Å². The minimum absolute atomic E-state index is 0. The second kappa shape index (κ2) is 88.1. The molecule has 0 aliphatic carbocycles. The van der Waals surface area contributed by atoms with Crippen molar-refractivity contribution in [3.8, 4) is 0 Å². The Labute approximate surface area is 103 Å². The molecule has 0 aliphatic heterocycles. The van der Waals surface area contributed by atoms with Crippen molar-refractivity contribution in [2.75, 3.05) is 0 Å². The Kier molecular flexibility index (Phi) is 244. The first kappa shape index (κ1) is 30.5. The number of hydrogen-bond donors (Lipinski definition) is 3. The molecular weight excluding hydrogens is 454 g/mol. The number of nitrogens with one attached hydrogen (secondary N) is 6. The van der Waals surface area contributed by atoms with E-state index in [-0.39, 0.29) is 51.3 Å². The van der Waals surface area contributed by atoms with Crippen molar-refractivity contribution in [2.45, 2.75) is 0 Å². The molecule has 0 fully saturated rings. The van der Waals surface area contributed by atoms with Crippen LogP contribution in [0.3, 0.4) is 0 Å². The summed E-state index contributed by atoms with van der Waals surface area (Å²) < 4.78 is 0. The van der Waals surface area contributed by atoms with Gasteiger partial charge in [-0.3, -0.25) is 0 Å². The van der Waals surface area contributed by atoms with Crippen molar-refractivity contribution in [3.05, 3.63) is 17.2 Å². The summed E-state index contributed by atoms with van der Waals surface area (Å²) in [5, 5.41) is 17.2. The van der Waals surface area contributed by atoms with Crippen LogP contribution in [0.1, 0.15) is 0 Å². The Morgan fingerprint density at radius 2 is 0.727 bits per heavy atom. The molecule has 0 aromatic heterocycles. The molecule has 0 saturated carbocycles. The van der Waals surface area contributed by atoms with E-state index < -0.39 is 0 Å². The fraction of sp³-hybridized carbons (Fsp3) is 0. The summed E-state index contributed by atoms with van der Waals surface area (Å²) in [6.07, 6.45) is 1.50. The molecule has 0 spiro atoms. The average molecular weight is 463 g/mol. The van der Waals surface area contributed by atoms with Crippen molar-refractivity contribution in [3.63, 3.8) is 0 Å². The van der Waals surface area contributed by atoms with E-state index in [9.17, 15) is 0 Å². The Hall–Kier alpha value is 0.0621. The van der Waals surface area contributed by atoms with Gasteiger partial charge in [-0.1, -0.05) is 0 Å². The molecule has 11 heavy (non-hydrogen) atoms. The molecule has 6 N–H and O–H groups in total. The van der Waals surface area contributed by atoms with Crippen LogP contribution in [0.15, 0.2) is 0 Å². The molecular formula is C3H9IN6Pb. The summed E-state index contributed by atoms with van der Waals surface area (Å²) >= 11 is 0. The van der Waals surface area contributed by atoms with Gasteiger partial charge in [0.05, 0.1) is 0 Å². The van der Waals surface area contributed by atoms with Crippen LogP contribution in [0, 0.1) is 16.2 Å². The van der Waals surface area contributed by atoms with E-state index in [1.165, 1.54) is 0 Å². The first-order valence-electron chi connectivity index (χ1n) is 1.73. The Morgan fingerprint density at radius 1 is 0.727 bits per heavy atom. The molecule has 0 unspecified atom stereocenters. The normalized spacial score (nSPS) is 3.27. The van der Waals surface area contributed by atoms with Gasteiger partial charge >= 0.3 is 51.3 Å². The Bertz CT molecular complexity index is 54.6. The second-order valence-electron chi connectivity index (χ2n) is 0.433. The average Bonchev–Trinajstić information content (AvgIpc) is 1.70. The minimum Gasteiger partial charge on any atom is -0.489 e. The third-order valence-corrected chi connectivity index (χ3v) is 0. The molecule has 0 heterocycles. The fourth-order valence-corrected chi connectivity index (χ4v) is 0. The molecule has 0 atom stereocenters. The number of hydrogen-bond acceptors (Lipinski definition) is 3. The number of halogens is 1. The van der Waals surface area contributed by atoms with Gasteiger partial charge in [-0.2, -0.15) is 0 Å². The van der Waals surface area contributed by atoms with Crippen LogP contribution in [0.4, 0.5) is 0 Å². The van der Waals surface area contributed by atoms with Gasteiger partial charge in [0.1, 0.15) is 0 Å². The largest absolute Gasteiger partial charge is 2.00 e. The number of rotatable bonds is 0. The van der Waals surface area contributed by atoms with E-state index in [0.717, 1.165) is 0 Å². The Morgan fingerprint density at radius 3 is 0.727 bits per heavy atom. The van der Waals surface area contributed by atoms with Gasteiger partial charge in [-0.25, -0.2) is 0 Å². The van der Waals surface area contributed by atoms with Crippen LogP contribution in [-0.2, 0) is 0 Å². The summed E-state index contributed by atoms with van der Waals surface area (Å²) in [6, 6.07) is 0. The molecule has 0 amide bonds. The molecule has 0 saturated heterocycles. The van der Waals surface area contributed by atoms with Crippen LogP contribution in [0.25, 0.3) is 17.2 Å². The standard InChI is InChI=1S/3CH3N2.I.Pb/c3*2-1-3;;/h3*1H,(H2-,2,3);;/q3*-1;+1;+2. The molecule has 0 aromatic rings. The van der Waals surface area contributed by atoms with Crippen LogP contribution >= 0.6 is 0 Å². The maximum absolute atomic E-state index is 5.75. The van der Waals surface area contributed by atoms with E-state index in [4.69, 9.17) is 33.4 Å². The summed E-state index contributed by atoms with van der Waals surface area (Å²) in [6.45, 7) is 0. The third kappa shape index (κ3) is 170000. The van der Waals surface area contributed by atoms with Gasteiger partial charge in [0.25, 0.3) is 0 Å². The van der Waals surface area contributed by atoms with Gasteiger partial charge in [0.2, 0.25) is 0 Å². The molecule has 8 heteroatoms. The third-order valence-electron chi connectivity index (χ3n) is 0. The summed E-state index contributed by atoms with van der Waals surface area (Å²) in [4.78, 5) is 0. The van der Waals surface area contributed by atoms with Crippen LogP contribution in [0.5, 0.6) is 0 Å². The first-order chi connectivity index (χ1) is 4.24. The van der Waals surface area contributed by atoms with Crippen molar-refractivity contribution < 1.29 is 24.0 Å². The minimum atomic E-state index is 0. The van der Waals surface area contributed by atoms with Crippen LogP contribution in [0.2, 0.25) is 0 Å². The maximum atomic E-state index is 5.75. The predicted octanol–water partition coefficient (Wildman–Crippen LogP) is -1.44. The topological polar surface area (TPSA) is 143 Å². The smallest absolute Gasteiger partial charge is 0.489 e. The van der Waals surface area contributed by atoms with Crippen LogP contribution < -0.4 is 24.0 Å². The SMILES string of the molecule is N=C[NH-].N=C[NH-].N=C[NH-].[I+].[Pb+2]. The van der Waals surface area contributed by atoms with Crippen molar-refractivity contribution in [1.82, 2.24) is 0 Å². The molecule has 62 valence electrons. The van der Waals surface area contributed by atoms with Gasteiger partial charge in [-0.05, 0) is 0 Å². The van der Waals surface area contributed by atoms with E-state index in [2.05, 4.69) is 0 Å². The molecule has 0 aromatic carbocycles. The maximum Gasteiger partial charge on any atom is 2.00 e. The van der Waals surface area contributed by atoms with Gasteiger partial charge in [0.15, 0.2) is 0 Å². The monoisotopic (exact) mass is 464 g/mol. The zero-order valence-corrected chi connectivity index (χ0v) is 11.7. The van der Waals surface area contributed by atoms with Crippen molar-refractivity contribution in [2.24, 2.45) is 0 Å². The van der Waals surface area contributed by atoms with Crippen LogP contribution in [-0.4, -0.2) is 46.3 Å². The van der Waals surface area contributed by atoms with Gasteiger partial charge in [-0.15, -0.1) is 19.0 Å². The van der Waals surface area contributed by atoms with E-state index in [1.54, 1.807) is 0 Å². The van der Waals surface area contributed by atoms with E-state index in [0.29, 0.717) is 19.0 Å². The molecule has 4 radical (unpaired) electrons. The second-order valence-corrected chi connectivity index (χ2v) is 0.433. The molecule has 0 aliphatic rings. The van der Waals surface area contributed by atoms with Gasteiger partial charge in [0, 0.05) is 0 Å². The molecule has 0 rings (SSSR count). The predicted molar refractivity (Wildman–Crippen MR) is 45.1 cm³/mol. The molecule has 0 bridgehead atoms. The summed E-state index contributed by atoms with van der Waals surface area (Å²) in [5.74, 6) is 0. The zero-order chi connectivity index (χ0) is 8.12. The zero-order valence-electron chi connectivity index (χ0n) is 5.61. The van der Waals surface area contributed by atoms with Crippen molar-refractivity contribution >= 4 is 46.3 Å². The Balaban J connectivity index is -0.0000000150. The summed E-state index contributed by atoms with van der Waals surface area (Å²) in [7, 11) is 0. The summed E-state index contributed by atoms with van der Waals surface area (Å²) in [5.41, 5.74) is 17.2. The molecule has 6 nitrogen and oxygen atoms in total. The van der Waals surface area contributed by atoms with E-state index >= 15 is 0 Å². The first-order valence-corrected chi connectivity index (χ1v) is 1.73. The van der Waals surface area contributed by atoms with E-state index in [1.807, 2.05) is 0 Å².